The van der Waals surface area contributed by atoms with Crippen molar-refractivity contribution in [2.75, 3.05) is 18.1 Å². The SMILES string of the molecule is C/C(=C/OCCC1(C)CCS(=O)(=O)C1)c1ccccc1. The summed E-state index contributed by atoms with van der Waals surface area (Å²) < 4.78 is 28.6. The molecule has 0 aliphatic carbocycles. The summed E-state index contributed by atoms with van der Waals surface area (Å²) in [6.07, 6.45) is 3.30. The maximum absolute atomic E-state index is 11.5. The van der Waals surface area contributed by atoms with Crippen LogP contribution in [0, 0.1) is 5.41 Å². The van der Waals surface area contributed by atoms with Gasteiger partial charge in [0.1, 0.15) is 0 Å². The van der Waals surface area contributed by atoms with Gasteiger partial charge in [-0.15, -0.1) is 0 Å². The molecule has 1 heterocycles. The molecule has 0 radical (unpaired) electrons. The molecule has 0 amide bonds. The zero-order valence-electron chi connectivity index (χ0n) is 12.1. The van der Waals surface area contributed by atoms with Crippen molar-refractivity contribution in [3.05, 3.63) is 42.2 Å². The van der Waals surface area contributed by atoms with Gasteiger partial charge in [-0.1, -0.05) is 37.3 Å². The van der Waals surface area contributed by atoms with E-state index in [9.17, 15) is 8.42 Å². The van der Waals surface area contributed by atoms with E-state index in [1.165, 1.54) is 0 Å². The molecule has 0 spiro atoms. The van der Waals surface area contributed by atoms with Crippen LogP contribution in [0.25, 0.3) is 5.57 Å². The molecule has 1 aliphatic heterocycles. The second-order valence-corrected chi connectivity index (χ2v) is 8.12. The fourth-order valence-electron chi connectivity index (χ4n) is 2.53. The first kappa shape index (κ1) is 15.1. The predicted molar refractivity (Wildman–Crippen MR) is 82.0 cm³/mol. The van der Waals surface area contributed by atoms with E-state index in [1.807, 2.05) is 44.2 Å². The van der Waals surface area contributed by atoms with E-state index >= 15 is 0 Å². The Bertz CT molecular complexity index is 575. The van der Waals surface area contributed by atoms with E-state index < -0.39 is 9.84 Å². The highest BCUT2D eigenvalue weighted by Gasteiger charge is 2.37. The summed E-state index contributed by atoms with van der Waals surface area (Å²) in [5, 5.41) is 0. The first-order valence-corrected chi connectivity index (χ1v) is 8.77. The average molecular weight is 294 g/mol. The van der Waals surface area contributed by atoms with Gasteiger partial charge in [0.15, 0.2) is 9.84 Å². The third-order valence-corrected chi connectivity index (χ3v) is 5.86. The molecule has 1 aliphatic rings. The van der Waals surface area contributed by atoms with Crippen molar-refractivity contribution < 1.29 is 13.2 Å². The van der Waals surface area contributed by atoms with Gasteiger partial charge in [-0.25, -0.2) is 8.42 Å². The van der Waals surface area contributed by atoms with Gasteiger partial charge in [-0.05, 0) is 36.3 Å². The Morgan fingerprint density at radius 2 is 2.05 bits per heavy atom. The molecule has 4 heteroatoms. The lowest BCUT2D eigenvalue weighted by Gasteiger charge is -2.21. The monoisotopic (exact) mass is 294 g/mol. The van der Waals surface area contributed by atoms with Gasteiger partial charge in [-0.2, -0.15) is 0 Å². The minimum Gasteiger partial charge on any atom is -0.501 e. The molecule has 2 rings (SSSR count). The fourth-order valence-corrected chi connectivity index (χ4v) is 4.83. The van der Waals surface area contributed by atoms with Crippen LogP contribution in [-0.4, -0.2) is 26.5 Å². The van der Waals surface area contributed by atoms with Crippen molar-refractivity contribution in [2.45, 2.75) is 26.7 Å². The summed E-state index contributed by atoms with van der Waals surface area (Å²) in [7, 11) is -2.82. The maximum atomic E-state index is 11.5. The lowest BCUT2D eigenvalue weighted by molar-refractivity contribution is 0.191. The molecule has 1 fully saturated rings. The zero-order valence-corrected chi connectivity index (χ0v) is 12.9. The molecule has 0 aromatic heterocycles. The lowest BCUT2D eigenvalue weighted by atomic mass is 9.87. The minimum atomic E-state index is -2.82. The van der Waals surface area contributed by atoms with E-state index in [0.29, 0.717) is 18.1 Å². The molecule has 20 heavy (non-hydrogen) atoms. The zero-order chi connectivity index (χ0) is 14.6. The molecule has 1 aromatic rings. The van der Waals surface area contributed by atoms with Gasteiger partial charge < -0.3 is 4.74 Å². The first-order valence-electron chi connectivity index (χ1n) is 6.95. The van der Waals surface area contributed by atoms with Crippen LogP contribution in [0.4, 0.5) is 0 Å². The van der Waals surface area contributed by atoms with Gasteiger partial charge in [0.05, 0.1) is 24.4 Å². The summed E-state index contributed by atoms with van der Waals surface area (Å²) in [4.78, 5) is 0. The minimum absolute atomic E-state index is 0.118. The van der Waals surface area contributed by atoms with Crippen LogP contribution in [0.3, 0.4) is 0 Å². The Morgan fingerprint density at radius 3 is 2.65 bits per heavy atom. The normalized spacial score (nSPS) is 25.6. The van der Waals surface area contributed by atoms with Gasteiger partial charge in [0, 0.05) is 0 Å². The number of hydrogen-bond acceptors (Lipinski definition) is 3. The number of allylic oxidation sites excluding steroid dienone is 1. The van der Waals surface area contributed by atoms with Gasteiger partial charge in [-0.3, -0.25) is 0 Å². The summed E-state index contributed by atoms with van der Waals surface area (Å²) in [5.74, 6) is 0.618. The largest absolute Gasteiger partial charge is 0.501 e. The molecule has 1 saturated heterocycles. The topological polar surface area (TPSA) is 43.4 Å². The summed E-state index contributed by atoms with van der Waals surface area (Å²) >= 11 is 0. The smallest absolute Gasteiger partial charge is 0.150 e. The molecule has 1 atom stereocenters. The Hall–Kier alpha value is -1.29. The molecule has 1 unspecified atom stereocenters. The highest BCUT2D eigenvalue weighted by molar-refractivity contribution is 7.91. The van der Waals surface area contributed by atoms with Crippen LogP contribution in [-0.2, 0) is 14.6 Å². The van der Waals surface area contributed by atoms with Crippen LogP contribution in [0.15, 0.2) is 36.6 Å². The van der Waals surface area contributed by atoms with Gasteiger partial charge in [0.2, 0.25) is 0 Å². The van der Waals surface area contributed by atoms with Crippen molar-refractivity contribution in [1.82, 2.24) is 0 Å². The van der Waals surface area contributed by atoms with E-state index in [1.54, 1.807) is 6.26 Å². The molecule has 0 bridgehead atoms. The maximum Gasteiger partial charge on any atom is 0.150 e. The molecule has 0 saturated carbocycles. The van der Waals surface area contributed by atoms with Gasteiger partial charge >= 0.3 is 0 Å². The van der Waals surface area contributed by atoms with Crippen molar-refractivity contribution in [3.8, 4) is 0 Å². The highest BCUT2D eigenvalue weighted by Crippen LogP contribution is 2.34. The third-order valence-electron chi connectivity index (χ3n) is 3.90. The van der Waals surface area contributed by atoms with E-state index in [4.69, 9.17) is 4.74 Å². The Kier molecular flexibility index (Phi) is 4.53. The molecule has 0 N–H and O–H groups in total. The summed E-state index contributed by atoms with van der Waals surface area (Å²) in [5.41, 5.74) is 2.10. The highest BCUT2D eigenvalue weighted by atomic mass is 32.2. The Morgan fingerprint density at radius 1 is 1.35 bits per heavy atom. The molecule has 110 valence electrons. The van der Waals surface area contributed by atoms with Crippen LogP contribution < -0.4 is 0 Å². The van der Waals surface area contributed by atoms with E-state index in [0.717, 1.165) is 24.0 Å². The number of benzene rings is 1. The standard InChI is InChI=1S/C16H22O3S/c1-14(15-6-4-3-5-7-15)12-19-10-8-16(2)9-11-20(17,18)13-16/h3-7,12H,8-11,13H2,1-2H3/b14-12-. The van der Waals surface area contributed by atoms with E-state index in [2.05, 4.69) is 0 Å². The number of sulfone groups is 1. The van der Waals surface area contributed by atoms with Crippen molar-refractivity contribution in [1.29, 1.82) is 0 Å². The molecular weight excluding hydrogens is 272 g/mol. The van der Waals surface area contributed by atoms with Crippen molar-refractivity contribution >= 4 is 15.4 Å². The second-order valence-electron chi connectivity index (χ2n) is 5.94. The predicted octanol–water partition coefficient (Wildman–Crippen LogP) is 3.28. The third kappa shape index (κ3) is 4.10. The Balaban J connectivity index is 1.82. The van der Waals surface area contributed by atoms with E-state index in [-0.39, 0.29) is 5.41 Å². The number of rotatable bonds is 5. The van der Waals surface area contributed by atoms with Crippen molar-refractivity contribution in [2.24, 2.45) is 5.41 Å². The number of ether oxygens (including phenoxy) is 1. The molecule has 1 aromatic carbocycles. The quantitative estimate of drug-likeness (QED) is 0.618. The van der Waals surface area contributed by atoms with Crippen LogP contribution in [0.2, 0.25) is 0 Å². The van der Waals surface area contributed by atoms with Crippen molar-refractivity contribution in [3.63, 3.8) is 0 Å². The van der Waals surface area contributed by atoms with Crippen LogP contribution in [0.1, 0.15) is 32.3 Å². The Labute approximate surface area is 121 Å². The first-order chi connectivity index (χ1) is 9.40. The summed E-state index contributed by atoms with van der Waals surface area (Å²) in [6.45, 7) is 4.61. The summed E-state index contributed by atoms with van der Waals surface area (Å²) in [6, 6.07) is 10.1. The average Bonchev–Trinajstić information content (AvgIpc) is 2.70. The number of hydrogen-bond donors (Lipinski definition) is 0. The van der Waals surface area contributed by atoms with Crippen LogP contribution in [0.5, 0.6) is 0 Å². The lowest BCUT2D eigenvalue weighted by Crippen LogP contribution is -2.19. The fraction of sp³-hybridized carbons (Fsp3) is 0.500. The molecular formula is C16H22O3S. The van der Waals surface area contributed by atoms with Gasteiger partial charge in [0.25, 0.3) is 0 Å². The second kappa shape index (κ2) is 6.00. The molecule has 3 nitrogen and oxygen atoms in total. The van der Waals surface area contributed by atoms with Crippen LogP contribution >= 0.6 is 0 Å².